The molecule has 8 heteroatoms. The molecule has 4 rings (SSSR count). The van der Waals surface area contributed by atoms with Crippen LogP contribution in [0.25, 0.3) is 0 Å². The van der Waals surface area contributed by atoms with E-state index in [9.17, 15) is 9.59 Å². The zero-order valence-corrected chi connectivity index (χ0v) is 13.9. The molecule has 3 aliphatic rings. The lowest BCUT2D eigenvalue weighted by Crippen LogP contribution is -2.53. The Morgan fingerprint density at radius 1 is 1.04 bits per heavy atom. The van der Waals surface area contributed by atoms with Crippen LogP contribution < -0.4 is 14.8 Å². The standard InChI is InChI=1S/C17H21N3O5/c21-16(14-2-1-9-23-14)19-5-7-20(8-6-19)17(22)18-12-3-4-13-15(10-12)25-11-24-13/h3-4,10,14H,1-2,5-9,11H2,(H,18,22)/t14-/m0/s1. The first kappa shape index (κ1) is 16.0. The van der Waals surface area contributed by atoms with Gasteiger partial charge in [-0.2, -0.15) is 0 Å². The number of benzene rings is 1. The fraction of sp³-hybridized carbons (Fsp3) is 0.529. The van der Waals surface area contributed by atoms with E-state index in [1.54, 1.807) is 28.0 Å². The number of urea groups is 1. The lowest BCUT2D eigenvalue weighted by molar-refractivity contribution is -0.142. The molecule has 0 aromatic heterocycles. The number of carbonyl (C=O) groups excluding carboxylic acids is 2. The largest absolute Gasteiger partial charge is 0.454 e. The minimum absolute atomic E-state index is 0.0494. The first-order chi connectivity index (χ1) is 12.2. The number of hydrogen-bond donors (Lipinski definition) is 1. The van der Waals surface area contributed by atoms with E-state index in [1.807, 2.05) is 0 Å². The number of fused-ring (bicyclic) bond motifs is 1. The number of carbonyl (C=O) groups is 2. The predicted molar refractivity (Wildman–Crippen MR) is 88.7 cm³/mol. The number of nitrogens with one attached hydrogen (secondary N) is 1. The van der Waals surface area contributed by atoms with Crippen LogP contribution in [0.5, 0.6) is 11.5 Å². The van der Waals surface area contributed by atoms with E-state index in [0.717, 1.165) is 12.8 Å². The van der Waals surface area contributed by atoms with Gasteiger partial charge in [0, 0.05) is 44.5 Å². The molecule has 134 valence electrons. The van der Waals surface area contributed by atoms with Crippen molar-refractivity contribution in [1.82, 2.24) is 9.80 Å². The van der Waals surface area contributed by atoms with Crippen molar-refractivity contribution < 1.29 is 23.8 Å². The molecule has 3 aliphatic heterocycles. The summed E-state index contributed by atoms with van der Waals surface area (Å²) in [5, 5.41) is 2.86. The number of rotatable bonds is 2. The van der Waals surface area contributed by atoms with Gasteiger partial charge >= 0.3 is 6.03 Å². The van der Waals surface area contributed by atoms with E-state index in [2.05, 4.69) is 5.32 Å². The predicted octanol–water partition coefficient (Wildman–Crippen LogP) is 1.27. The normalized spacial score (nSPS) is 22.2. The number of piperazine rings is 1. The van der Waals surface area contributed by atoms with E-state index in [0.29, 0.717) is 50.0 Å². The lowest BCUT2D eigenvalue weighted by Gasteiger charge is -2.35. The highest BCUT2D eigenvalue weighted by atomic mass is 16.7. The third kappa shape index (κ3) is 3.34. The van der Waals surface area contributed by atoms with Crippen molar-refractivity contribution in [3.05, 3.63) is 18.2 Å². The van der Waals surface area contributed by atoms with Crippen molar-refractivity contribution in [2.45, 2.75) is 18.9 Å². The van der Waals surface area contributed by atoms with E-state index < -0.39 is 0 Å². The average molecular weight is 347 g/mol. The monoisotopic (exact) mass is 347 g/mol. The highest BCUT2D eigenvalue weighted by Gasteiger charge is 2.31. The van der Waals surface area contributed by atoms with Gasteiger partial charge in [0.1, 0.15) is 6.10 Å². The number of amides is 3. The Labute approximate surface area is 145 Å². The van der Waals surface area contributed by atoms with Crippen molar-refractivity contribution in [3.63, 3.8) is 0 Å². The first-order valence-electron chi connectivity index (χ1n) is 8.57. The van der Waals surface area contributed by atoms with Crippen LogP contribution in [-0.4, -0.2) is 67.4 Å². The number of anilines is 1. The second kappa shape index (κ2) is 6.79. The molecule has 0 radical (unpaired) electrons. The number of hydrogen-bond acceptors (Lipinski definition) is 5. The van der Waals surface area contributed by atoms with Gasteiger partial charge in [-0.3, -0.25) is 4.79 Å². The molecule has 2 saturated heterocycles. The fourth-order valence-electron chi connectivity index (χ4n) is 3.28. The molecule has 2 fully saturated rings. The van der Waals surface area contributed by atoms with Gasteiger partial charge < -0.3 is 29.3 Å². The summed E-state index contributed by atoms with van der Waals surface area (Å²) < 4.78 is 16.0. The first-order valence-corrected chi connectivity index (χ1v) is 8.57. The van der Waals surface area contributed by atoms with E-state index >= 15 is 0 Å². The maximum atomic E-state index is 12.4. The summed E-state index contributed by atoms with van der Waals surface area (Å²) in [6.07, 6.45) is 1.44. The molecule has 3 amide bonds. The molecule has 1 atom stereocenters. The minimum Gasteiger partial charge on any atom is -0.454 e. The Hall–Kier alpha value is -2.48. The second-order valence-electron chi connectivity index (χ2n) is 6.31. The fourth-order valence-corrected chi connectivity index (χ4v) is 3.28. The third-order valence-electron chi connectivity index (χ3n) is 4.71. The molecule has 1 aromatic carbocycles. The van der Waals surface area contributed by atoms with Crippen molar-refractivity contribution >= 4 is 17.6 Å². The highest BCUT2D eigenvalue weighted by Crippen LogP contribution is 2.34. The molecule has 0 saturated carbocycles. The zero-order valence-electron chi connectivity index (χ0n) is 13.9. The lowest BCUT2D eigenvalue weighted by atomic mass is 10.2. The van der Waals surface area contributed by atoms with Gasteiger partial charge in [-0.25, -0.2) is 4.79 Å². The van der Waals surface area contributed by atoms with Crippen LogP contribution in [0, 0.1) is 0 Å². The highest BCUT2D eigenvalue weighted by molar-refractivity contribution is 5.90. The molecule has 25 heavy (non-hydrogen) atoms. The van der Waals surface area contributed by atoms with Gasteiger partial charge in [0.2, 0.25) is 6.79 Å². The second-order valence-corrected chi connectivity index (χ2v) is 6.31. The summed E-state index contributed by atoms with van der Waals surface area (Å²) in [5.41, 5.74) is 0.659. The Balaban J connectivity index is 1.30. The van der Waals surface area contributed by atoms with Gasteiger partial charge in [0.15, 0.2) is 11.5 Å². The molecule has 1 aromatic rings. The number of nitrogens with zero attached hydrogens (tertiary/aromatic N) is 2. The van der Waals surface area contributed by atoms with Gasteiger partial charge in [0.25, 0.3) is 5.91 Å². The molecular weight excluding hydrogens is 326 g/mol. The molecule has 3 heterocycles. The van der Waals surface area contributed by atoms with Gasteiger partial charge in [-0.1, -0.05) is 0 Å². The molecule has 1 N–H and O–H groups in total. The maximum Gasteiger partial charge on any atom is 0.321 e. The van der Waals surface area contributed by atoms with Crippen molar-refractivity contribution in [2.24, 2.45) is 0 Å². The van der Waals surface area contributed by atoms with Crippen molar-refractivity contribution in [3.8, 4) is 11.5 Å². The molecule has 0 spiro atoms. The van der Waals surface area contributed by atoms with E-state index in [4.69, 9.17) is 14.2 Å². The Kier molecular flexibility index (Phi) is 4.35. The van der Waals surface area contributed by atoms with Crippen LogP contribution in [0.4, 0.5) is 10.5 Å². The zero-order chi connectivity index (χ0) is 17.2. The van der Waals surface area contributed by atoms with Crippen LogP contribution in [0.3, 0.4) is 0 Å². The smallest absolute Gasteiger partial charge is 0.321 e. The van der Waals surface area contributed by atoms with E-state index in [1.165, 1.54) is 0 Å². The van der Waals surface area contributed by atoms with Crippen molar-refractivity contribution in [1.29, 1.82) is 0 Å². The Bertz CT molecular complexity index is 666. The third-order valence-corrected chi connectivity index (χ3v) is 4.71. The Morgan fingerprint density at radius 2 is 1.80 bits per heavy atom. The summed E-state index contributed by atoms with van der Waals surface area (Å²) >= 11 is 0. The summed E-state index contributed by atoms with van der Waals surface area (Å²) in [7, 11) is 0. The maximum absolute atomic E-state index is 12.4. The summed E-state index contributed by atoms with van der Waals surface area (Å²) in [4.78, 5) is 28.3. The van der Waals surface area contributed by atoms with Crippen LogP contribution >= 0.6 is 0 Å². The van der Waals surface area contributed by atoms with Gasteiger partial charge in [-0.05, 0) is 25.0 Å². The summed E-state index contributed by atoms with van der Waals surface area (Å²) in [5.74, 6) is 1.36. The van der Waals surface area contributed by atoms with Gasteiger partial charge in [-0.15, -0.1) is 0 Å². The van der Waals surface area contributed by atoms with Crippen molar-refractivity contribution in [2.75, 3.05) is 44.9 Å². The molecule has 8 nitrogen and oxygen atoms in total. The topological polar surface area (TPSA) is 80.3 Å². The molecule has 0 unspecified atom stereocenters. The Morgan fingerprint density at radius 3 is 2.56 bits per heavy atom. The van der Waals surface area contributed by atoms with Gasteiger partial charge in [0.05, 0.1) is 0 Å². The van der Waals surface area contributed by atoms with Crippen LogP contribution in [0.15, 0.2) is 18.2 Å². The quantitative estimate of drug-likeness (QED) is 0.871. The molecule has 0 bridgehead atoms. The molecular formula is C17H21N3O5. The summed E-state index contributed by atoms with van der Waals surface area (Å²) in [6.45, 7) is 2.95. The van der Waals surface area contributed by atoms with Crippen LogP contribution in [0.1, 0.15) is 12.8 Å². The minimum atomic E-state index is -0.297. The van der Waals surface area contributed by atoms with E-state index in [-0.39, 0.29) is 24.8 Å². The van der Waals surface area contributed by atoms with Crippen LogP contribution in [0.2, 0.25) is 0 Å². The average Bonchev–Trinajstić information content (AvgIpc) is 3.32. The summed E-state index contributed by atoms with van der Waals surface area (Å²) in [6, 6.07) is 5.12. The molecule has 0 aliphatic carbocycles. The number of ether oxygens (including phenoxy) is 3. The van der Waals surface area contributed by atoms with Crippen LogP contribution in [-0.2, 0) is 9.53 Å². The SMILES string of the molecule is O=C(Nc1ccc2c(c1)OCO2)N1CCN(C(=O)[C@@H]2CCCO2)CC1.